The topological polar surface area (TPSA) is 63.5 Å². The van der Waals surface area contributed by atoms with Gasteiger partial charge in [-0.1, -0.05) is 0 Å². The van der Waals surface area contributed by atoms with Crippen molar-refractivity contribution in [1.29, 1.82) is 0 Å². The van der Waals surface area contributed by atoms with Gasteiger partial charge in [0, 0.05) is 30.4 Å². The Labute approximate surface area is 123 Å². The van der Waals surface area contributed by atoms with E-state index in [1.54, 1.807) is 36.1 Å². The average molecular weight is 288 g/mol. The molecule has 1 heterocycles. The predicted octanol–water partition coefficient (Wildman–Crippen LogP) is 2.76. The van der Waals surface area contributed by atoms with Crippen LogP contribution in [0.25, 0.3) is 0 Å². The minimum absolute atomic E-state index is 0.0250. The van der Waals surface area contributed by atoms with Crippen molar-refractivity contribution in [3.63, 3.8) is 0 Å². The summed E-state index contributed by atoms with van der Waals surface area (Å²) in [5, 5.41) is 13.3. The van der Waals surface area contributed by atoms with Crippen LogP contribution in [-0.2, 0) is 6.54 Å². The smallest absolute Gasteiger partial charge is 0.250 e. The Morgan fingerprint density at radius 3 is 2.71 bits per heavy atom. The van der Waals surface area contributed by atoms with Crippen molar-refractivity contribution in [3.05, 3.63) is 52.4 Å². The fraction of sp³-hybridized carbons (Fsp3) is 0.312. The summed E-state index contributed by atoms with van der Waals surface area (Å²) in [6.07, 6.45) is 1.78. The maximum absolute atomic E-state index is 11.6. The molecule has 1 unspecified atom stereocenters. The molecule has 0 fully saturated rings. The molecule has 0 amide bonds. The van der Waals surface area contributed by atoms with E-state index < -0.39 is 0 Å². The molecule has 2 N–H and O–H groups in total. The number of aromatic nitrogens is 1. The second-order valence-corrected chi connectivity index (χ2v) is 4.83. The van der Waals surface area contributed by atoms with Gasteiger partial charge in [0.05, 0.1) is 18.8 Å². The van der Waals surface area contributed by atoms with Gasteiger partial charge in [0.25, 0.3) is 5.56 Å². The first-order chi connectivity index (χ1) is 10.0. The second kappa shape index (κ2) is 6.35. The molecule has 0 radical (unpaired) electrons. The Balaban J connectivity index is 2.21. The summed E-state index contributed by atoms with van der Waals surface area (Å²) in [7, 11) is 1.56. The summed E-state index contributed by atoms with van der Waals surface area (Å²) in [5.74, 6) is 0.793. The maximum atomic E-state index is 11.6. The molecule has 0 saturated heterocycles. The standard InChI is InChI=1S/C16H20N2O3/c1-4-18-10-12(5-8-16(18)20)17-11(2)14-7-6-13(21-3)9-15(14)19/h5-11,17,19H,4H2,1-3H3. The van der Waals surface area contributed by atoms with Gasteiger partial charge in [0.2, 0.25) is 0 Å². The molecule has 0 aliphatic carbocycles. The second-order valence-electron chi connectivity index (χ2n) is 4.83. The van der Waals surface area contributed by atoms with E-state index in [0.717, 1.165) is 11.3 Å². The third-order valence-corrected chi connectivity index (χ3v) is 3.41. The molecule has 21 heavy (non-hydrogen) atoms. The lowest BCUT2D eigenvalue weighted by molar-refractivity contribution is 0.406. The predicted molar refractivity (Wildman–Crippen MR) is 83.1 cm³/mol. The lowest BCUT2D eigenvalue weighted by atomic mass is 10.1. The zero-order valence-corrected chi connectivity index (χ0v) is 12.5. The van der Waals surface area contributed by atoms with Crippen LogP contribution in [0, 0.1) is 0 Å². The van der Waals surface area contributed by atoms with Gasteiger partial charge in [0.1, 0.15) is 11.5 Å². The molecular formula is C16H20N2O3. The Hall–Kier alpha value is -2.43. The highest BCUT2D eigenvalue weighted by Gasteiger charge is 2.11. The Morgan fingerprint density at radius 1 is 1.33 bits per heavy atom. The maximum Gasteiger partial charge on any atom is 0.250 e. The van der Waals surface area contributed by atoms with Gasteiger partial charge < -0.3 is 19.7 Å². The Bertz CT molecular complexity index is 679. The monoisotopic (exact) mass is 288 g/mol. The average Bonchev–Trinajstić information content (AvgIpc) is 2.48. The third kappa shape index (κ3) is 3.37. The van der Waals surface area contributed by atoms with Gasteiger partial charge >= 0.3 is 0 Å². The van der Waals surface area contributed by atoms with Gasteiger partial charge in [-0.25, -0.2) is 0 Å². The number of nitrogens with one attached hydrogen (secondary N) is 1. The SMILES string of the molecule is CCn1cc(NC(C)c2ccc(OC)cc2O)ccc1=O. The van der Waals surface area contributed by atoms with Crippen LogP contribution in [0.15, 0.2) is 41.3 Å². The van der Waals surface area contributed by atoms with E-state index in [2.05, 4.69) is 5.32 Å². The number of hydrogen-bond acceptors (Lipinski definition) is 4. The number of benzene rings is 1. The molecule has 0 spiro atoms. The van der Waals surface area contributed by atoms with E-state index in [1.165, 1.54) is 6.07 Å². The quantitative estimate of drug-likeness (QED) is 0.888. The number of nitrogens with zero attached hydrogens (tertiary/aromatic N) is 1. The number of anilines is 1. The summed E-state index contributed by atoms with van der Waals surface area (Å²) >= 11 is 0. The zero-order chi connectivity index (χ0) is 15.4. The lowest BCUT2D eigenvalue weighted by Gasteiger charge is -2.18. The van der Waals surface area contributed by atoms with E-state index in [-0.39, 0.29) is 17.4 Å². The van der Waals surface area contributed by atoms with Gasteiger partial charge in [-0.15, -0.1) is 0 Å². The highest BCUT2D eigenvalue weighted by molar-refractivity contribution is 5.47. The number of phenolic OH excluding ortho intramolecular Hbond substituents is 1. The molecule has 2 aromatic rings. The molecule has 2 rings (SSSR count). The molecule has 112 valence electrons. The summed E-state index contributed by atoms with van der Waals surface area (Å²) in [6.45, 7) is 4.49. The first-order valence-corrected chi connectivity index (χ1v) is 6.89. The van der Waals surface area contributed by atoms with Gasteiger partial charge in [-0.2, -0.15) is 0 Å². The van der Waals surface area contributed by atoms with Crippen molar-refractivity contribution < 1.29 is 9.84 Å². The fourth-order valence-corrected chi connectivity index (χ4v) is 2.21. The summed E-state index contributed by atoms with van der Waals surface area (Å²) in [4.78, 5) is 11.6. The van der Waals surface area contributed by atoms with E-state index >= 15 is 0 Å². The van der Waals surface area contributed by atoms with Crippen LogP contribution in [0.5, 0.6) is 11.5 Å². The largest absolute Gasteiger partial charge is 0.507 e. The van der Waals surface area contributed by atoms with E-state index in [9.17, 15) is 9.90 Å². The normalized spacial score (nSPS) is 12.0. The van der Waals surface area contributed by atoms with E-state index in [0.29, 0.717) is 12.3 Å². The number of aromatic hydroxyl groups is 1. The van der Waals surface area contributed by atoms with E-state index in [4.69, 9.17) is 4.74 Å². The molecular weight excluding hydrogens is 268 g/mol. The minimum atomic E-state index is -0.0984. The number of pyridine rings is 1. The van der Waals surface area contributed by atoms with Crippen LogP contribution in [0.1, 0.15) is 25.5 Å². The summed E-state index contributed by atoms with van der Waals surface area (Å²) in [5.41, 5.74) is 1.58. The molecule has 0 saturated carbocycles. The Kier molecular flexibility index (Phi) is 4.52. The summed E-state index contributed by atoms with van der Waals surface area (Å²) < 4.78 is 6.70. The van der Waals surface area contributed by atoms with Crippen molar-refractivity contribution in [2.75, 3.05) is 12.4 Å². The number of phenols is 1. The highest BCUT2D eigenvalue weighted by Crippen LogP contribution is 2.30. The minimum Gasteiger partial charge on any atom is -0.507 e. The number of ether oxygens (including phenoxy) is 1. The van der Waals surface area contributed by atoms with Crippen molar-refractivity contribution in [2.45, 2.75) is 26.4 Å². The molecule has 1 aromatic carbocycles. The van der Waals surface area contributed by atoms with Crippen molar-refractivity contribution in [3.8, 4) is 11.5 Å². The Morgan fingerprint density at radius 2 is 2.10 bits per heavy atom. The first kappa shape index (κ1) is 15.0. The first-order valence-electron chi connectivity index (χ1n) is 6.89. The number of rotatable bonds is 5. The highest BCUT2D eigenvalue weighted by atomic mass is 16.5. The molecule has 1 atom stereocenters. The number of aryl methyl sites for hydroxylation is 1. The molecule has 0 bridgehead atoms. The van der Waals surface area contributed by atoms with Crippen LogP contribution >= 0.6 is 0 Å². The zero-order valence-electron chi connectivity index (χ0n) is 12.5. The molecule has 0 aliphatic rings. The van der Waals surface area contributed by atoms with Gasteiger partial charge in [0.15, 0.2) is 0 Å². The van der Waals surface area contributed by atoms with Crippen LogP contribution in [0.4, 0.5) is 5.69 Å². The van der Waals surface area contributed by atoms with Crippen LogP contribution < -0.4 is 15.6 Å². The molecule has 5 heteroatoms. The van der Waals surface area contributed by atoms with Gasteiger partial charge in [-0.3, -0.25) is 4.79 Å². The lowest BCUT2D eigenvalue weighted by Crippen LogP contribution is -2.18. The fourth-order valence-electron chi connectivity index (χ4n) is 2.21. The van der Waals surface area contributed by atoms with Crippen molar-refractivity contribution in [2.24, 2.45) is 0 Å². The third-order valence-electron chi connectivity index (χ3n) is 3.41. The van der Waals surface area contributed by atoms with Crippen molar-refractivity contribution in [1.82, 2.24) is 4.57 Å². The number of hydrogen-bond donors (Lipinski definition) is 2. The summed E-state index contributed by atoms with van der Waals surface area (Å²) in [6, 6.07) is 8.39. The van der Waals surface area contributed by atoms with E-state index in [1.807, 2.05) is 19.9 Å². The number of methoxy groups -OCH3 is 1. The van der Waals surface area contributed by atoms with Crippen LogP contribution in [-0.4, -0.2) is 16.8 Å². The van der Waals surface area contributed by atoms with Crippen molar-refractivity contribution >= 4 is 5.69 Å². The molecule has 1 aromatic heterocycles. The molecule has 0 aliphatic heterocycles. The van der Waals surface area contributed by atoms with Crippen LogP contribution in [0.3, 0.4) is 0 Å². The van der Waals surface area contributed by atoms with Gasteiger partial charge in [-0.05, 0) is 32.0 Å². The van der Waals surface area contributed by atoms with Crippen LogP contribution in [0.2, 0.25) is 0 Å². The molecule has 5 nitrogen and oxygen atoms in total.